The molecule has 2 aliphatic rings. The van der Waals surface area contributed by atoms with Crippen molar-refractivity contribution in [3.63, 3.8) is 0 Å². The van der Waals surface area contributed by atoms with Crippen molar-refractivity contribution in [2.75, 3.05) is 51.4 Å². The third-order valence-corrected chi connectivity index (χ3v) is 6.01. The Morgan fingerprint density at radius 2 is 1.77 bits per heavy atom. The van der Waals surface area contributed by atoms with Gasteiger partial charge in [0.25, 0.3) is 5.91 Å². The van der Waals surface area contributed by atoms with Gasteiger partial charge in [-0.3, -0.25) is 9.69 Å². The number of hydrogen-bond acceptors (Lipinski definition) is 5. The van der Waals surface area contributed by atoms with Crippen LogP contribution in [0.3, 0.4) is 0 Å². The summed E-state index contributed by atoms with van der Waals surface area (Å²) in [5.74, 6) is 0.832. The van der Waals surface area contributed by atoms with Crippen LogP contribution in [0, 0.1) is 0 Å². The molecule has 1 amide bonds. The molecule has 168 valence electrons. The highest BCUT2D eigenvalue weighted by Crippen LogP contribution is 2.32. The lowest BCUT2D eigenvalue weighted by Crippen LogP contribution is -2.45. The Bertz CT molecular complexity index is 621. The van der Waals surface area contributed by atoms with Crippen LogP contribution in [0.2, 0.25) is 0 Å². The Morgan fingerprint density at radius 1 is 1.07 bits per heavy atom. The Labute approximate surface area is 181 Å². The average Bonchev–Trinajstić information content (AvgIpc) is 3.04. The maximum absolute atomic E-state index is 13.1. The predicted octanol–water partition coefficient (Wildman–Crippen LogP) is 4.25. The highest BCUT2D eigenvalue weighted by molar-refractivity contribution is 5.97. The summed E-state index contributed by atoms with van der Waals surface area (Å²) in [4.78, 5) is 15.5. The molecule has 3 rings (SSSR count). The molecule has 0 unspecified atom stereocenters. The van der Waals surface area contributed by atoms with Crippen LogP contribution in [-0.4, -0.2) is 62.5 Å². The van der Waals surface area contributed by atoms with Gasteiger partial charge in [0, 0.05) is 31.9 Å². The Hall–Kier alpha value is -1.63. The molecule has 1 aromatic carbocycles. The summed E-state index contributed by atoms with van der Waals surface area (Å²) in [5, 5.41) is 3.09. The summed E-state index contributed by atoms with van der Waals surface area (Å²) in [6, 6.07) is 7.69. The van der Waals surface area contributed by atoms with Gasteiger partial charge in [-0.05, 0) is 49.9 Å². The molecule has 0 bridgehead atoms. The quantitative estimate of drug-likeness (QED) is 0.455. The molecule has 1 saturated carbocycles. The molecular weight excluding hydrogens is 380 g/mol. The molecule has 6 heteroatoms. The Balaban J connectivity index is 1.46. The van der Waals surface area contributed by atoms with E-state index >= 15 is 0 Å². The molecule has 1 heterocycles. The average molecular weight is 419 g/mol. The van der Waals surface area contributed by atoms with Crippen LogP contribution in [-0.2, 0) is 14.3 Å². The normalized spacial score (nSPS) is 19.8. The van der Waals surface area contributed by atoms with Crippen molar-refractivity contribution in [1.29, 1.82) is 0 Å². The number of ether oxygens (including phenoxy) is 3. The predicted molar refractivity (Wildman–Crippen MR) is 119 cm³/mol. The van der Waals surface area contributed by atoms with Crippen molar-refractivity contribution in [2.45, 2.75) is 63.9 Å². The minimum absolute atomic E-state index is 0.00275. The van der Waals surface area contributed by atoms with Gasteiger partial charge in [0.15, 0.2) is 0 Å². The van der Waals surface area contributed by atoms with E-state index in [0.29, 0.717) is 13.2 Å². The molecule has 1 aliphatic heterocycles. The maximum Gasteiger partial charge on any atom is 0.256 e. The Kier molecular flexibility index (Phi) is 9.43. The summed E-state index contributed by atoms with van der Waals surface area (Å²) in [5.41, 5.74) is 0.116. The topological polar surface area (TPSA) is 60.0 Å². The van der Waals surface area contributed by atoms with Gasteiger partial charge in [-0.25, -0.2) is 0 Å². The van der Waals surface area contributed by atoms with Gasteiger partial charge in [-0.2, -0.15) is 0 Å². The molecule has 6 nitrogen and oxygen atoms in total. The molecule has 30 heavy (non-hydrogen) atoms. The van der Waals surface area contributed by atoms with Crippen LogP contribution in [0.15, 0.2) is 24.3 Å². The number of benzene rings is 1. The monoisotopic (exact) mass is 418 g/mol. The SMILES string of the molecule is CCCOC1(C(=O)Nc2ccc(OCCCN3CCOCC3)cc2)CCCCCC1. The molecule has 0 atom stereocenters. The molecule has 0 spiro atoms. The fourth-order valence-electron chi connectivity index (χ4n) is 4.22. The van der Waals surface area contributed by atoms with Gasteiger partial charge >= 0.3 is 0 Å². The van der Waals surface area contributed by atoms with E-state index < -0.39 is 5.60 Å². The van der Waals surface area contributed by atoms with Crippen molar-refractivity contribution in [1.82, 2.24) is 4.90 Å². The molecule has 1 saturated heterocycles. The fourth-order valence-corrected chi connectivity index (χ4v) is 4.22. The standard InChI is InChI=1S/C24H38N2O4/c1-2-17-30-24(12-5-3-4-6-13-24)23(27)25-21-8-10-22(11-9-21)29-18-7-14-26-15-19-28-20-16-26/h8-11H,2-7,12-20H2,1H3,(H,25,27). The molecular formula is C24H38N2O4. The zero-order valence-corrected chi connectivity index (χ0v) is 18.5. The Morgan fingerprint density at radius 3 is 2.43 bits per heavy atom. The van der Waals surface area contributed by atoms with E-state index in [9.17, 15) is 4.79 Å². The van der Waals surface area contributed by atoms with E-state index in [-0.39, 0.29) is 5.91 Å². The highest BCUT2D eigenvalue weighted by atomic mass is 16.5. The van der Waals surface area contributed by atoms with E-state index in [2.05, 4.69) is 17.1 Å². The number of hydrogen-bond donors (Lipinski definition) is 1. The number of carbonyl (C=O) groups is 1. The number of nitrogens with one attached hydrogen (secondary N) is 1. The van der Waals surface area contributed by atoms with Crippen molar-refractivity contribution >= 4 is 11.6 Å². The lowest BCUT2D eigenvalue weighted by molar-refractivity contribution is -0.143. The summed E-state index contributed by atoms with van der Waals surface area (Å²) >= 11 is 0. The zero-order valence-electron chi connectivity index (χ0n) is 18.5. The van der Waals surface area contributed by atoms with Crippen molar-refractivity contribution in [3.8, 4) is 5.75 Å². The second kappa shape index (κ2) is 12.3. The molecule has 0 radical (unpaired) electrons. The first-order valence-corrected chi connectivity index (χ1v) is 11.7. The number of nitrogens with zero attached hydrogens (tertiary/aromatic N) is 1. The van der Waals surface area contributed by atoms with E-state index in [4.69, 9.17) is 14.2 Å². The lowest BCUT2D eigenvalue weighted by atomic mass is 9.92. The van der Waals surface area contributed by atoms with E-state index in [0.717, 1.165) is 82.8 Å². The van der Waals surface area contributed by atoms with Crippen LogP contribution in [0.5, 0.6) is 5.75 Å². The largest absolute Gasteiger partial charge is 0.494 e. The highest BCUT2D eigenvalue weighted by Gasteiger charge is 2.39. The van der Waals surface area contributed by atoms with Crippen molar-refractivity contribution < 1.29 is 19.0 Å². The van der Waals surface area contributed by atoms with E-state index in [1.165, 1.54) is 12.8 Å². The second-order valence-electron chi connectivity index (χ2n) is 8.39. The summed E-state index contributed by atoms with van der Waals surface area (Å²) in [6.45, 7) is 8.13. The second-order valence-corrected chi connectivity index (χ2v) is 8.39. The van der Waals surface area contributed by atoms with E-state index in [1.807, 2.05) is 24.3 Å². The van der Waals surface area contributed by atoms with E-state index in [1.54, 1.807) is 0 Å². The van der Waals surface area contributed by atoms with Crippen LogP contribution < -0.4 is 10.1 Å². The zero-order chi connectivity index (χ0) is 21.1. The lowest BCUT2D eigenvalue weighted by Gasteiger charge is -2.31. The van der Waals surface area contributed by atoms with Crippen molar-refractivity contribution in [2.24, 2.45) is 0 Å². The first-order chi connectivity index (χ1) is 14.7. The van der Waals surface area contributed by atoms with Gasteiger partial charge in [-0.1, -0.05) is 32.6 Å². The van der Waals surface area contributed by atoms with Crippen LogP contribution in [0.4, 0.5) is 5.69 Å². The first-order valence-electron chi connectivity index (χ1n) is 11.7. The van der Waals surface area contributed by atoms with Crippen LogP contribution in [0.25, 0.3) is 0 Å². The fraction of sp³-hybridized carbons (Fsp3) is 0.708. The van der Waals surface area contributed by atoms with Crippen LogP contribution in [0.1, 0.15) is 58.3 Å². The molecule has 0 aromatic heterocycles. The molecule has 1 aliphatic carbocycles. The first kappa shape index (κ1) is 23.0. The number of morpholine rings is 1. The summed E-state index contributed by atoms with van der Waals surface area (Å²) in [7, 11) is 0. The van der Waals surface area contributed by atoms with Gasteiger partial charge in [-0.15, -0.1) is 0 Å². The summed E-state index contributed by atoms with van der Waals surface area (Å²) in [6.07, 6.45) is 8.00. The maximum atomic E-state index is 13.1. The summed E-state index contributed by atoms with van der Waals surface area (Å²) < 4.78 is 17.4. The number of anilines is 1. The smallest absolute Gasteiger partial charge is 0.256 e. The van der Waals surface area contributed by atoms with Gasteiger partial charge < -0.3 is 19.5 Å². The van der Waals surface area contributed by atoms with Crippen LogP contribution >= 0.6 is 0 Å². The van der Waals surface area contributed by atoms with Gasteiger partial charge in [0.1, 0.15) is 11.4 Å². The molecule has 1 N–H and O–H groups in total. The molecule has 2 fully saturated rings. The number of carbonyl (C=O) groups excluding carboxylic acids is 1. The minimum Gasteiger partial charge on any atom is -0.494 e. The van der Waals surface area contributed by atoms with Gasteiger partial charge in [0.2, 0.25) is 0 Å². The molecule has 1 aromatic rings. The third-order valence-electron chi connectivity index (χ3n) is 6.01. The third kappa shape index (κ3) is 6.96. The van der Waals surface area contributed by atoms with Gasteiger partial charge in [0.05, 0.1) is 19.8 Å². The minimum atomic E-state index is -0.679. The van der Waals surface area contributed by atoms with Crippen molar-refractivity contribution in [3.05, 3.63) is 24.3 Å². The number of rotatable bonds is 10. The number of amides is 1.